The van der Waals surface area contributed by atoms with Gasteiger partial charge in [0.2, 0.25) is 5.91 Å². The molecule has 1 aromatic carbocycles. The number of carbonyl (C=O) groups is 1. The Morgan fingerprint density at radius 2 is 2.29 bits per heavy atom. The number of likely N-dealkylation sites (N-methyl/N-ethyl adjacent to an activating group) is 1. The van der Waals surface area contributed by atoms with Crippen molar-refractivity contribution >= 4 is 12.0 Å². The van der Waals surface area contributed by atoms with Crippen molar-refractivity contribution in [1.29, 1.82) is 0 Å². The molecule has 0 aliphatic carbocycles. The Morgan fingerprint density at radius 1 is 1.53 bits per heavy atom. The lowest BCUT2D eigenvalue weighted by Gasteiger charge is -2.12. The first-order chi connectivity index (χ1) is 8.17. The number of hydrogen-bond acceptors (Lipinski definition) is 3. The molecule has 0 aliphatic rings. The zero-order valence-electron chi connectivity index (χ0n) is 10.1. The quantitative estimate of drug-likeness (QED) is 0.779. The van der Waals surface area contributed by atoms with Gasteiger partial charge in [0.25, 0.3) is 0 Å². The van der Waals surface area contributed by atoms with Gasteiger partial charge in [-0.2, -0.15) is 0 Å². The largest absolute Gasteiger partial charge is 0.497 e. The highest BCUT2D eigenvalue weighted by molar-refractivity contribution is 5.91. The fraction of sp³-hybridized carbons (Fsp3) is 0.308. The second-order valence-corrected chi connectivity index (χ2v) is 3.59. The van der Waals surface area contributed by atoms with Crippen LogP contribution in [0.5, 0.6) is 5.75 Å². The van der Waals surface area contributed by atoms with E-state index in [0.29, 0.717) is 6.54 Å². The zero-order valence-corrected chi connectivity index (χ0v) is 10.1. The lowest BCUT2D eigenvalue weighted by molar-refractivity contribution is -0.125. The molecule has 1 N–H and O–H groups in total. The number of benzene rings is 1. The van der Waals surface area contributed by atoms with Gasteiger partial charge < -0.3 is 14.7 Å². The van der Waals surface area contributed by atoms with Crippen LogP contribution in [0.4, 0.5) is 0 Å². The molecule has 4 heteroatoms. The minimum Gasteiger partial charge on any atom is -0.497 e. The van der Waals surface area contributed by atoms with Crippen molar-refractivity contribution < 1.29 is 14.6 Å². The van der Waals surface area contributed by atoms with Gasteiger partial charge in [0, 0.05) is 19.7 Å². The molecule has 0 atom stereocenters. The summed E-state index contributed by atoms with van der Waals surface area (Å²) in [6.45, 7) is 0.302. The molecule has 0 bridgehead atoms. The van der Waals surface area contributed by atoms with Gasteiger partial charge in [0.05, 0.1) is 13.7 Å². The maximum atomic E-state index is 11.6. The number of aliphatic hydroxyl groups is 1. The van der Waals surface area contributed by atoms with Crippen LogP contribution in [0.2, 0.25) is 0 Å². The Kier molecular flexibility index (Phi) is 5.23. The Bertz CT molecular complexity index is 401. The molecule has 0 radical (unpaired) electrons. The Balaban J connectivity index is 2.66. The number of aliphatic hydroxyl groups excluding tert-OH is 1. The zero-order chi connectivity index (χ0) is 12.7. The third-order valence-electron chi connectivity index (χ3n) is 2.32. The van der Waals surface area contributed by atoms with Crippen LogP contribution < -0.4 is 4.74 Å². The van der Waals surface area contributed by atoms with Crippen molar-refractivity contribution in [3.8, 4) is 5.75 Å². The topological polar surface area (TPSA) is 49.8 Å². The normalized spacial score (nSPS) is 10.5. The van der Waals surface area contributed by atoms with Crippen LogP contribution in [0.3, 0.4) is 0 Å². The average molecular weight is 235 g/mol. The Hall–Kier alpha value is -1.81. The van der Waals surface area contributed by atoms with E-state index in [4.69, 9.17) is 9.84 Å². The smallest absolute Gasteiger partial charge is 0.246 e. The maximum Gasteiger partial charge on any atom is 0.246 e. The highest BCUT2D eigenvalue weighted by Crippen LogP contribution is 2.13. The van der Waals surface area contributed by atoms with Crippen molar-refractivity contribution in [3.63, 3.8) is 0 Å². The molecular formula is C13H17NO3. The highest BCUT2D eigenvalue weighted by atomic mass is 16.5. The van der Waals surface area contributed by atoms with E-state index in [2.05, 4.69) is 0 Å². The molecule has 4 nitrogen and oxygen atoms in total. The molecule has 17 heavy (non-hydrogen) atoms. The number of carbonyl (C=O) groups excluding carboxylic acids is 1. The number of rotatable bonds is 5. The van der Waals surface area contributed by atoms with Gasteiger partial charge in [-0.25, -0.2) is 0 Å². The van der Waals surface area contributed by atoms with E-state index in [-0.39, 0.29) is 12.5 Å². The predicted molar refractivity (Wildman–Crippen MR) is 66.8 cm³/mol. The van der Waals surface area contributed by atoms with Gasteiger partial charge in [0.1, 0.15) is 5.75 Å². The summed E-state index contributed by atoms with van der Waals surface area (Å²) in [6.07, 6.45) is 3.20. The van der Waals surface area contributed by atoms with Crippen LogP contribution in [0.15, 0.2) is 30.3 Å². The van der Waals surface area contributed by atoms with Crippen molar-refractivity contribution in [1.82, 2.24) is 4.90 Å². The van der Waals surface area contributed by atoms with Crippen LogP contribution >= 0.6 is 0 Å². The lowest BCUT2D eigenvalue weighted by atomic mass is 10.2. The van der Waals surface area contributed by atoms with Gasteiger partial charge >= 0.3 is 0 Å². The molecule has 0 heterocycles. The van der Waals surface area contributed by atoms with Crippen LogP contribution in [0, 0.1) is 0 Å². The second kappa shape index (κ2) is 6.70. The predicted octanol–water partition coefficient (Wildman–Crippen LogP) is 1.16. The fourth-order valence-corrected chi connectivity index (χ4v) is 1.30. The molecule has 0 aliphatic heterocycles. The SMILES string of the molecule is COc1cccc(/C=C/C(=O)N(C)CCO)c1. The van der Waals surface area contributed by atoms with Crippen molar-refractivity contribution in [2.45, 2.75) is 0 Å². The summed E-state index contributed by atoms with van der Waals surface area (Å²) in [5.74, 6) is 0.616. The second-order valence-electron chi connectivity index (χ2n) is 3.59. The van der Waals surface area contributed by atoms with Crippen LogP contribution in [0.25, 0.3) is 6.08 Å². The standard InChI is InChI=1S/C13H17NO3/c1-14(8-9-15)13(16)7-6-11-4-3-5-12(10-11)17-2/h3-7,10,15H,8-9H2,1-2H3/b7-6+. The van der Waals surface area contributed by atoms with Crippen LogP contribution in [-0.2, 0) is 4.79 Å². The van der Waals surface area contributed by atoms with E-state index >= 15 is 0 Å². The highest BCUT2D eigenvalue weighted by Gasteiger charge is 2.02. The summed E-state index contributed by atoms with van der Waals surface area (Å²) in [4.78, 5) is 13.0. The van der Waals surface area contributed by atoms with Gasteiger partial charge in [-0.05, 0) is 23.8 Å². The summed E-state index contributed by atoms with van der Waals surface area (Å²) < 4.78 is 5.09. The first-order valence-corrected chi connectivity index (χ1v) is 5.35. The van der Waals surface area contributed by atoms with Crippen molar-refractivity contribution in [2.75, 3.05) is 27.3 Å². The molecule has 1 aromatic rings. The third-order valence-corrected chi connectivity index (χ3v) is 2.32. The molecule has 1 amide bonds. The molecule has 1 rings (SSSR count). The van der Waals surface area contributed by atoms with Crippen molar-refractivity contribution in [2.24, 2.45) is 0 Å². The average Bonchev–Trinajstić information content (AvgIpc) is 2.36. The van der Waals surface area contributed by atoms with Gasteiger partial charge in [0.15, 0.2) is 0 Å². The summed E-state index contributed by atoms with van der Waals surface area (Å²) >= 11 is 0. The van der Waals surface area contributed by atoms with Gasteiger partial charge in [-0.1, -0.05) is 12.1 Å². The van der Waals surface area contributed by atoms with Crippen molar-refractivity contribution in [3.05, 3.63) is 35.9 Å². The number of nitrogens with zero attached hydrogens (tertiary/aromatic N) is 1. The first kappa shape index (κ1) is 13.3. The van der Waals surface area contributed by atoms with E-state index in [0.717, 1.165) is 11.3 Å². The monoisotopic (exact) mass is 235 g/mol. The third kappa shape index (κ3) is 4.28. The number of methoxy groups -OCH3 is 1. The molecular weight excluding hydrogens is 218 g/mol. The van der Waals surface area contributed by atoms with E-state index in [9.17, 15) is 4.79 Å². The number of hydrogen-bond donors (Lipinski definition) is 1. The number of amides is 1. The molecule has 0 unspecified atom stereocenters. The molecule has 92 valence electrons. The molecule has 0 fully saturated rings. The number of ether oxygens (including phenoxy) is 1. The van der Waals surface area contributed by atoms with E-state index in [1.54, 1.807) is 20.2 Å². The summed E-state index contributed by atoms with van der Waals surface area (Å²) in [5, 5.41) is 8.70. The van der Waals surface area contributed by atoms with Gasteiger partial charge in [-0.3, -0.25) is 4.79 Å². The molecule has 0 aromatic heterocycles. The lowest BCUT2D eigenvalue weighted by Crippen LogP contribution is -2.27. The fourth-order valence-electron chi connectivity index (χ4n) is 1.30. The minimum atomic E-state index is -0.137. The van der Waals surface area contributed by atoms with Crippen LogP contribution in [0.1, 0.15) is 5.56 Å². The Morgan fingerprint density at radius 3 is 2.94 bits per heavy atom. The molecule has 0 spiro atoms. The van der Waals surface area contributed by atoms with E-state index < -0.39 is 0 Å². The molecule has 0 saturated carbocycles. The van der Waals surface area contributed by atoms with E-state index in [1.807, 2.05) is 24.3 Å². The van der Waals surface area contributed by atoms with Crippen LogP contribution in [-0.4, -0.2) is 43.2 Å². The molecule has 0 saturated heterocycles. The summed E-state index contributed by atoms with van der Waals surface area (Å²) in [7, 11) is 3.25. The summed E-state index contributed by atoms with van der Waals surface area (Å²) in [6, 6.07) is 7.44. The Labute approximate surface area is 101 Å². The minimum absolute atomic E-state index is 0.0325. The van der Waals surface area contributed by atoms with E-state index in [1.165, 1.54) is 11.0 Å². The first-order valence-electron chi connectivity index (χ1n) is 5.35. The maximum absolute atomic E-state index is 11.6. The van der Waals surface area contributed by atoms with Gasteiger partial charge in [-0.15, -0.1) is 0 Å². The summed E-state index contributed by atoms with van der Waals surface area (Å²) in [5.41, 5.74) is 0.898.